The molecule has 0 saturated carbocycles. The van der Waals surface area contributed by atoms with Gasteiger partial charge in [-0.3, -0.25) is 4.79 Å². The molecule has 0 bridgehead atoms. The Morgan fingerprint density at radius 2 is 2.08 bits per heavy atom. The predicted octanol–water partition coefficient (Wildman–Crippen LogP) is 2.11. The van der Waals surface area contributed by atoms with Crippen LogP contribution in [0, 0.1) is 5.41 Å². The smallest absolute Gasteiger partial charge is 0.213 e. The van der Waals surface area contributed by atoms with Crippen molar-refractivity contribution in [2.75, 3.05) is 7.05 Å². The zero-order valence-corrected chi connectivity index (χ0v) is 8.32. The molecule has 13 heavy (non-hydrogen) atoms. The average molecular weight is 177 g/mol. The molecular weight excluding hydrogens is 162 g/mol. The van der Waals surface area contributed by atoms with Crippen molar-refractivity contribution >= 4 is 6.41 Å². The molecule has 0 aromatic heterocycles. The molecule has 0 unspecified atom stereocenters. The predicted molar refractivity (Wildman–Crippen MR) is 54.0 cm³/mol. The summed E-state index contributed by atoms with van der Waals surface area (Å²) in [7, 11) is 1.75. The second-order valence-corrected chi connectivity index (χ2v) is 3.82. The summed E-state index contributed by atoms with van der Waals surface area (Å²) in [5, 5.41) is 0. The van der Waals surface area contributed by atoms with E-state index in [1.807, 2.05) is 18.2 Å². The molecule has 0 aromatic carbocycles. The molecule has 1 aliphatic rings. The van der Waals surface area contributed by atoms with Gasteiger partial charge in [0.2, 0.25) is 6.41 Å². The summed E-state index contributed by atoms with van der Waals surface area (Å²) in [6.45, 7) is 4.25. The highest BCUT2D eigenvalue weighted by Crippen LogP contribution is 2.22. The maximum atomic E-state index is 10.5. The van der Waals surface area contributed by atoms with Crippen molar-refractivity contribution in [2.24, 2.45) is 5.41 Å². The third-order valence-corrected chi connectivity index (χ3v) is 2.04. The van der Waals surface area contributed by atoms with E-state index in [1.165, 1.54) is 0 Å². The van der Waals surface area contributed by atoms with E-state index in [0.717, 1.165) is 12.1 Å². The van der Waals surface area contributed by atoms with Gasteiger partial charge in [0.05, 0.1) is 0 Å². The molecule has 0 spiro atoms. The normalized spacial score (nSPS) is 19.2. The van der Waals surface area contributed by atoms with Crippen LogP contribution in [-0.2, 0) is 4.79 Å². The van der Waals surface area contributed by atoms with Crippen LogP contribution in [0.25, 0.3) is 0 Å². The Kier molecular flexibility index (Phi) is 2.71. The van der Waals surface area contributed by atoms with Gasteiger partial charge in [-0.15, -0.1) is 0 Å². The van der Waals surface area contributed by atoms with Crippen LogP contribution in [0.4, 0.5) is 0 Å². The van der Waals surface area contributed by atoms with Gasteiger partial charge in [-0.1, -0.05) is 32.1 Å². The fourth-order valence-corrected chi connectivity index (χ4v) is 1.10. The van der Waals surface area contributed by atoms with Gasteiger partial charge >= 0.3 is 0 Å². The number of nitrogens with zero attached hydrogens (tertiary/aromatic N) is 1. The van der Waals surface area contributed by atoms with Crippen molar-refractivity contribution < 1.29 is 4.79 Å². The molecule has 1 rings (SSSR count). The van der Waals surface area contributed by atoms with E-state index in [1.54, 1.807) is 11.9 Å². The summed E-state index contributed by atoms with van der Waals surface area (Å²) in [4.78, 5) is 12.1. The minimum atomic E-state index is 0.0714. The maximum Gasteiger partial charge on any atom is 0.213 e. The Morgan fingerprint density at radius 3 is 2.69 bits per heavy atom. The third-order valence-electron chi connectivity index (χ3n) is 2.04. The topological polar surface area (TPSA) is 20.3 Å². The van der Waals surface area contributed by atoms with Gasteiger partial charge in [0.15, 0.2) is 0 Å². The number of carbonyl (C=O) groups excluding carboxylic acids is 1. The molecule has 1 amide bonds. The van der Waals surface area contributed by atoms with Crippen molar-refractivity contribution in [1.29, 1.82) is 0 Å². The lowest BCUT2D eigenvalue weighted by Gasteiger charge is -2.14. The van der Waals surface area contributed by atoms with Crippen molar-refractivity contribution in [1.82, 2.24) is 4.90 Å². The Labute approximate surface area is 79.2 Å². The van der Waals surface area contributed by atoms with Crippen molar-refractivity contribution in [3.63, 3.8) is 0 Å². The van der Waals surface area contributed by atoms with Crippen LogP contribution in [0.1, 0.15) is 13.8 Å². The molecule has 1 aliphatic carbocycles. The van der Waals surface area contributed by atoms with Crippen LogP contribution < -0.4 is 0 Å². The number of carbonyl (C=O) groups is 1. The summed E-state index contributed by atoms with van der Waals surface area (Å²) in [6, 6.07) is 0. The highest BCUT2D eigenvalue weighted by Gasteiger charge is 2.11. The fraction of sp³-hybridized carbons (Fsp3) is 0.364. The minimum Gasteiger partial charge on any atom is -0.318 e. The SMILES string of the molecule is CN(C=O)C1=CC=CC(C)(C)C=C1. The summed E-state index contributed by atoms with van der Waals surface area (Å²) < 4.78 is 0. The van der Waals surface area contributed by atoms with E-state index in [9.17, 15) is 4.79 Å². The Balaban J connectivity index is 2.88. The van der Waals surface area contributed by atoms with E-state index in [0.29, 0.717) is 0 Å². The number of allylic oxidation sites excluding steroid dienone is 5. The van der Waals surface area contributed by atoms with Crippen LogP contribution in [0.2, 0.25) is 0 Å². The number of likely N-dealkylation sites (N-methyl/N-ethyl adjacent to an activating group) is 1. The van der Waals surface area contributed by atoms with E-state index >= 15 is 0 Å². The van der Waals surface area contributed by atoms with E-state index in [-0.39, 0.29) is 5.41 Å². The zero-order chi connectivity index (χ0) is 9.90. The van der Waals surface area contributed by atoms with Crippen molar-refractivity contribution in [3.05, 3.63) is 36.1 Å². The fourth-order valence-electron chi connectivity index (χ4n) is 1.10. The summed E-state index contributed by atoms with van der Waals surface area (Å²) >= 11 is 0. The Bertz CT molecular complexity index is 284. The van der Waals surface area contributed by atoms with E-state index < -0.39 is 0 Å². The lowest BCUT2D eigenvalue weighted by Crippen LogP contribution is -2.13. The lowest BCUT2D eigenvalue weighted by molar-refractivity contribution is -0.115. The van der Waals surface area contributed by atoms with Gasteiger partial charge in [0.25, 0.3) is 0 Å². The molecule has 2 nitrogen and oxygen atoms in total. The first-order valence-electron chi connectivity index (χ1n) is 4.32. The summed E-state index contributed by atoms with van der Waals surface area (Å²) in [5.41, 5.74) is 0.985. The molecule has 0 heterocycles. The molecule has 0 saturated heterocycles. The highest BCUT2D eigenvalue weighted by atomic mass is 16.1. The summed E-state index contributed by atoms with van der Waals surface area (Å²) in [6.07, 6.45) is 10.9. The number of amides is 1. The molecule has 70 valence electrons. The molecule has 0 radical (unpaired) electrons. The number of hydrogen-bond acceptors (Lipinski definition) is 1. The second kappa shape index (κ2) is 3.60. The van der Waals surface area contributed by atoms with E-state index in [4.69, 9.17) is 0 Å². The number of rotatable bonds is 2. The Morgan fingerprint density at radius 1 is 1.38 bits per heavy atom. The maximum absolute atomic E-state index is 10.5. The third kappa shape index (κ3) is 2.58. The van der Waals surface area contributed by atoms with Gasteiger partial charge in [-0.2, -0.15) is 0 Å². The average Bonchev–Trinajstić information content (AvgIpc) is 2.25. The summed E-state index contributed by atoms with van der Waals surface area (Å²) in [5.74, 6) is 0. The van der Waals surface area contributed by atoms with Gasteiger partial charge in [-0.05, 0) is 12.2 Å². The molecular formula is C11H15NO. The first kappa shape index (κ1) is 9.78. The van der Waals surface area contributed by atoms with Crippen molar-refractivity contribution in [3.8, 4) is 0 Å². The van der Waals surface area contributed by atoms with E-state index in [2.05, 4.69) is 26.0 Å². The van der Waals surface area contributed by atoms with Gasteiger partial charge < -0.3 is 4.90 Å². The van der Waals surface area contributed by atoms with Gasteiger partial charge in [-0.25, -0.2) is 0 Å². The lowest BCUT2D eigenvalue weighted by atomic mass is 9.93. The molecule has 0 N–H and O–H groups in total. The molecule has 0 fully saturated rings. The monoisotopic (exact) mass is 177 g/mol. The van der Waals surface area contributed by atoms with Crippen LogP contribution in [0.3, 0.4) is 0 Å². The highest BCUT2D eigenvalue weighted by molar-refractivity contribution is 5.53. The Hall–Kier alpha value is -1.31. The second-order valence-electron chi connectivity index (χ2n) is 3.82. The quantitative estimate of drug-likeness (QED) is 0.591. The number of hydrogen-bond donors (Lipinski definition) is 0. The minimum absolute atomic E-state index is 0.0714. The zero-order valence-electron chi connectivity index (χ0n) is 8.32. The van der Waals surface area contributed by atoms with Crippen molar-refractivity contribution in [2.45, 2.75) is 13.8 Å². The first-order valence-corrected chi connectivity index (χ1v) is 4.32. The van der Waals surface area contributed by atoms with Crippen LogP contribution >= 0.6 is 0 Å². The molecule has 0 aliphatic heterocycles. The molecule has 0 atom stereocenters. The van der Waals surface area contributed by atoms with Crippen LogP contribution in [0.15, 0.2) is 36.1 Å². The van der Waals surface area contributed by atoms with Gasteiger partial charge in [0.1, 0.15) is 0 Å². The molecule has 0 aromatic rings. The largest absolute Gasteiger partial charge is 0.318 e. The standard InChI is InChI=1S/C11H15NO/c1-11(2)7-4-5-10(6-8-11)12(3)9-13/h4-9H,1-3H3. The first-order chi connectivity index (χ1) is 6.05. The van der Waals surface area contributed by atoms with Crippen LogP contribution in [0.5, 0.6) is 0 Å². The van der Waals surface area contributed by atoms with Crippen LogP contribution in [-0.4, -0.2) is 18.4 Å². The molecule has 2 heteroatoms. The van der Waals surface area contributed by atoms with Gasteiger partial charge in [0, 0.05) is 18.2 Å².